The van der Waals surface area contributed by atoms with E-state index in [1.807, 2.05) is 56.3 Å². The van der Waals surface area contributed by atoms with E-state index in [0.29, 0.717) is 56.0 Å². The van der Waals surface area contributed by atoms with Crippen molar-refractivity contribution in [3.05, 3.63) is 131 Å². The van der Waals surface area contributed by atoms with E-state index < -0.39 is 43.4 Å². The van der Waals surface area contributed by atoms with Gasteiger partial charge in [0.1, 0.15) is 18.1 Å². The maximum absolute atomic E-state index is 12.5. The number of allylic oxidation sites excluding steroid dienone is 7. The smallest absolute Gasteiger partial charge is 0.333 e. The van der Waals surface area contributed by atoms with Crippen molar-refractivity contribution in [1.29, 1.82) is 0 Å². The Bertz CT molecular complexity index is 2770. The van der Waals surface area contributed by atoms with Crippen LogP contribution >= 0.6 is 0 Å². The summed E-state index contributed by atoms with van der Waals surface area (Å²) in [7, 11) is -8.55. The Balaban J connectivity index is 1.21. The Morgan fingerprint density at radius 2 is 1.48 bits per heavy atom. The SMILES string of the molecule is CC1(C)C(/C=C/C2=C(Oc3ccccc3)C(=C/C=C3/N(CCCCCC(=O)ON4C(=O)CCC4=O)c4ccc(S(=O)(=O)O)cc4C3(C)C)/CCC2)=[N+](CCCCS(=O)(=O)O)c2ccccc21. The fourth-order valence-corrected chi connectivity index (χ4v) is 10.4. The number of carbonyl (C=O) groups excluding carboxylic acids is 3. The number of ether oxygens (including phenoxy) is 1. The quantitative estimate of drug-likeness (QED) is 0.0535. The summed E-state index contributed by atoms with van der Waals surface area (Å²) in [6.07, 6.45) is 13.4. The summed E-state index contributed by atoms with van der Waals surface area (Å²) in [5.41, 5.74) is 6.61. The van der Waals surface area contributed by atoms with Crippen molar-refractivity contribution in [2.24, 2.45) is 0 Å². The molecule has 0 atom stereocenters. The molecule has 3 aliphatic heterocycles. The van der Waals surface area contributed by atoms with Crippen molar-refractivity contribution in [2.75, 3.05) is 23.7 Å². The van der Waals surface area contributed by atoms with Crippen molar-refractivity contribution in [3.8, 4) is 5.75 Å². The monoisotopic (exact) mass is 940 g/mol. The minimum absolute atomic E-state index is 0.0217. The van der Waals surface area contributed by atoms with Gasteiger partial charge in [-0.25, -0.2) is 4.79 Å². The van der Waals surface area contributed by atoms with Crippen LogP contribution in [0, 0.1) is 0 Å². The summed E-state index contributed by atoms with van der Waals surface area (Å²) in [5, 5.41) is 0.555. The molecule has 66 heavy (non-hydrogen) atoms. The van der Waals surface area contributed by atoms with Gasteiger partial charge in [-0.15, -0.1) is 5.06 Å². The molecule has 14 nitrogen and oxygen atoms in total. The lowest BCUT2D eigenvalue weighted by Gasteiger charge is -2.27. The molecule has 16 heteroatoms. The molecule has 0 saturated carbocycles. The number of amides is 2. The second-order valence-electron chi connectivity index (χ2n) is 18.2. The predicted octanol–water partition coefficient (Wildman–Crippen LogP) is 8.83. The minimum atomic E-state index is -4.48. The van der Waals surface area contributed by atoms with Gasteiger partial charge in [0, 0.05) is 66.7 Å². The van der Waals surface area contributed by atoms with Gasteiger partial charge in [0.15, 0.2) is 5.71 Å². The molecule has 4 aliphatic rings. The van der Waals surface area contributed by atoms with E-state index >= 15 is 0 Å². The van der Waals surface area contributed by atoms with E-state index in [9.17, 15) is 40.3 Å². The number of anilines is 1. The van der Waals surface area contributed by atoms with Crippen LogP contribution in [0.4, 0.5) is 11.4 Å². The number of benzene rings is 3. The maximum atomic E-state index is 12.5. The van der Waals surface area contributed by atoms with E-state index in [-0.39, 0.29) is 35.3 Å². The summed E-state index contributed by atoms with van der Waals surface area (Å²) in [6, 6.07) is 22.4. The van der Waals surface area contributed by atoms with E-state index in [0.717, 1.165) is 70.1 Å². The van der Waals surface area contributed by atoms with Crippen LogP contribution in [-0.2, 0) is 50.3 Å². The number of para-hydroxylation sites is 2. The number of carbonyl (C=O) groups is 3. The van der Waals surface area contributed by atoms with Gasteiger partial charge in [-0.3, -0.25) is 18.7 Å². The highest BCUT2D eigenvalue weighted by Crippen LogP contribution is 2.49. The van der Waals surface area contributed by atoms with E-state index in [1.54, 1.807) is 6.07 Å². The number of fused-ring (bicyclic) bond motifs is 2. The van der Waals surface area contributed by atoms with Crippen molar-refractivity contribution >= 4 is 55.1 Å². The molecule has 3 heterocycles. The number of hydrogen-bond donors (Lipinski definition) is 2. The number of unbranched alkanes of at least 4 members (excludes halogenated alkanes) is 3. The van der Waals surface area contributed by atoms with Crippen LogP contribution in [0.2, 0.25) is 0 Å². The summed E-state index contributed by atoms with van der Waals surface area (Å²) in [6.45, 7) is 9.48. The second-order valence-corrected chi connectivity index (χ2v) is 21.2. The Labute approximate surface area is 387 Å². The van der Waals surface area contributed by atoms with Gasteiger partial charge in [-0.05, 0) is 112 Å². The topological polar surface area (TPSA) is 188 Å². The Hall–Kier alpha value is -5.68. The first kappa shape index (κ1) is 48.3. The molecular weight excluding hydrogens is 883 g/mol. The molecule has 350 valence electrons. The van der Waals surface area contributed by atoms with Crippen molar-refractivity contribution in [2.45, 2.75) is 114 Å². The highest BCUT2D eigenvalue weighted by Gasteiger charge is 2.44. The lowest BCUT2D eigenvalue weighted by atomic mass is 9.81. The molecule has 0 bridgehead atoms. The lowest BCUT2D eigenvalue weighted by molar-refractivity contribution is -0.438. The molecule has 2 amide bonds. The van der Waals surface area contributed by atoms with E-state index in [2.05, 4.69) is 59.8 Å². The zero-order valence-electron chi connectivity index (χ0n) is 37.9. The van der Waals surface area contributed by atoms with Crippen LogP contribution in [0.15, 0.2) is 125 Å². The third-order valence-electron chi connectivity index (χ3n) is 12.8. The van der Waals surface area contributed by atoms with Crippen LogP contribution in [0.5, 0.6) is 5.75 Å². The molecule has 0 spiro atoms. The minimum Gasteiger partial charge on any atom is -0.457 e. The number of nitrogens with zero attached hydrogens (tertiary/aromatic N) is 3. The number of imide groups is 1. The van der Waals surface area contributed by atoms with Crippen LogP contribution in [0.3, 0.4) is 0 Å². The molecule has 0 radical (unpaired) electrons. The zero-order chi connectivity index (χ0) is 47.4. The van der Waals surface area contributed by atoms with Crippen LogP contribution in [0.1, 0.15) is 109 Å². The number of rotatable bonds is 18. The molecule has 0 unspecified atom stereocenters. The van der Waals surface area contributed by atoms with Crippen LogP contribution in [-0.4, -0.2) is 77.9 Å². The fraction of sp³-hybridized carbons (Fsp3) is 0.400. The first-order chi connectivity index (χ1) is 31.3. The van der Waals surface area contributed by atoms with Gasteiger partial charge in [0.2, 0.25) is 5.69 Å². The van der Waals surface area contributed by atoms with Crippen molar-refractivity contribution in [3.63, 3.8) is 0 Å². The van der Waals surface area contributed by atoms with Gasteiger partial charge < -0.3 is 14.5 Å². The van der Waals surface area contributed by atoms with Crippen LogP contribution in [0.25, 0.3) is 0 Å². The van der Waals surface area contributed by atoms with Gasteiger partial charge in [-0.1, -0.05) is 62.7 Å². The normalized spacial score (nSPS) is 19.4. The Morgan fingerprint density at radius 3 is 2.20 bits per heavy atom. The molecular formula is C50H58N3O11S2+. The Kier molecular flexibility index (Phi) is 14.4. The molecule has 3 aromatic carbocycles. The molecule has 7 rings (SSSR count). The third-order valence-corrected chi connectivity index (χ3v) is 14.4. The van der Waals surface area contributed by atoms with Crippen LogP contribution < -0.4 is 9.64 Å². The summed E-state index contributed by atoms with van der Waals surface area (Å²) in [4.78, 5) is 43.3. The molecule has 3 aromatic rings. The fourth-order valence-electron chi connectivity index (χ4n) is 9.33. The molecule has 1 fully saturated rings. The van der Waals surface area contributed by atoms with Gasteiger partial charge in [-0.2, -0.15) is 21.4 Å². The first-order valence-electron chi connectivity index (χ1n) is 22.5. The summed E-state index contributed by atoms with van der Waals surface area (Å²) < 4.78 is 76.0. The number of hydroxylamine groups is 2. The Morgan fingerprint density at radius 1 is 0.773 bits per heavy atom. The zero-order valence-corrected chi connectivity index (χ0v) is 39.5. The molecule has 1 saturated heterocycles. The molecule has 2 N–H and O–H groups in total. The average molecular weight is 941 g/mol. The average Bonchev–Trinajstić information content (AvgIpc) is 3.78. The van der Waals surface area contributed by atoms with Crippen molar-refractivity contribution < 1.29 is 54.5 Å². The molecule has 1 aliphatic carbocycles. The molecule has 0 aromatic heterocycles. The van der Waals surface area contributed by atoms with Gasteiger partial charge in [0.25, 0.3) is 32.1 Å². The highest BCUT2D eigenvalue weighted by molar-refractivity contribution is 7.86. The second kappa shape index (κ2) is 19.7. The van der Waals surface area contributed by atoms with Gasteiger partial charge >= 0.3 is 5.97 Å². The predicted molar refractivity (Wildman–Crippen MR) is 250 cm³/mol. The third kappa shape index (κ3) is 10.8. The lowest BCUT2D eigenvalue weighted by Crippen LogP contribution is -2.32. The maximum Gasteiger partial charge on any atom is 0.333 e. The first-order valence-corrected chi connectivity index (χ1v) is 25.5. The van der Waals surface area contributed by atoms with Crippen molar-refractivity contribution in [1.82, 2.24) is 5.06 Å². The van der Waals surface area contributed by atoms with E-state index in [4.69, 9.17) is 9.57 Å². The number of hydrogen-bond acceptors (Lipinski definition) is 10. The highest BCUT2D eigenvalue weighted by atomic mass is 32.2. The summed E-state index contributed by atoms with van der Waals surface area (Å²) >= 11 is 0. The van der Waals surface area contributed by atoms with E-state index in [1.165, 1.54) is 12.1 Å². The summed E-state index contributed by atoms with van der Waals surface area (Å²) in [5.74, 6) is -0.596. The standard InChI is InChI=1S/C50H57N3O11S2/c1-49(2)39-20-10-11-21-41(39)51(32-13-14-33-65(57,58)59)43(49)27-23-35-16-15-17-36(48(35)63-37-18-7-5-8-19-37)24-28-44-50(3,4)40-34-38(66(60,61)62)25-26-42(40)52(44)31-12-6-9-22-47(56)64-53-45(54)29-30-46(53)55/h5,7-8,10-11,18-21,23-28,34H,6,9,12-17,22,29-33H2,1-4H3,(H-,57,58,59,60,61,62)/p+1. The van der Waals surface area contributed by atoms with Gasteiger partial charge in [0.05, 0.1) is 16.1 Å². The largest absolute Gasteiger partial charge is 0.457 e.